The van der Waals surface area contributed by atoms with Gasteiger partial charge in [0, 0.05) is 5.92 Å². The molecule has 19 heavy (non-hydrogen) atoms. The fourth-order valence-corrected chi connectivity index (χ4v) is 4.45. The zero-order valence-electron chi connectivity index (χ0n) is 11.4. The topological polar surface area (TPSA) is 20.2 Å². The summed E-state index contributed by atoms with van der Waals surface area (Å²) >= 11 is 0. The van der Waals surface area contributed by atoms with Gasteiger partial charge in [0.05, 0.1) is 0 Å². The van der Waals surface area contributed by atoms with E-state index in [2.05, 4.69) is 31.2 Å². The van der Waals surface area contributed by atoms with E-state index in [1.54, 1.807) is 5.57 Å². The molecular weight excluding hydrogens is 232 g/mol. The molecule has 3 atom stereocenters. The minimum Gasteiger partial charge on any atom is -0.508 e. The smallest absolute Gasteiger partial charge is 0.115 e. The first kappa shape index (κ1) is 11.3. The van der Waals surface area contributed by atoms with E-state index in [0.717, 1.165) is 6.42 Å². The molecule has 0 heterocycles. The Morgan fingerprint density at radius 1 is 1.32 bits per heavy atom. The second kappa shape index (κ2) is 3.75. The Balaban J connectivity index is 1.77. The van der Waals surface area contributed by atoms with E-state index in [0.29, 0.717) is 23.0 Å². The molecule has 4 rings (SSSR count). The van der Waals surface area contributed by atoms with Crippen LogP contribution < -0.4 is 0 Å². The Hall–Kier alpha value is -1.50. The summed E-state index contributed by atoms with van der Waals surface area (Å²) in [5.41, 5.74) is 4.85. The minimum atomic E-state index is 0.400. The molecule has 3 aliphatic rings. The molecule has 0 bridgehead atoms. The van der Waals surface area contributed by atoms with Gasteiger partial charge in [0.15, 0.2) is 0 Å². The van der Waals surface area contributed by atoms with Gasteiger partial charge in [-0.25, -0.2) is 0 Å². The molecule has 1 N–H and O–H groups in total. The monoisotopic (exact) mass is 252 g/mol. The standard InChI is InChI=1S/C18H20O/c1-18-9-2-3-17(18)16-6-4-12-11-13(19)5-7-14(12)15(16)8-10-18/h2,5-7,9,11,15,17,19H,3-4,8,10H2,1H3/t15?,17?,18-/m0/s1. The number of hydrogen-bond acceptors (Lipinski definition) is 1. The highest BCUT2D eigenvalue weighted by atomic mass is 16.3. The molecule has 1 saturated carbocycles. The maximum atomic E-state index is 9.64. The van der Waals surface area contributed by atoms with Gasteiger partial charge in [0.25, 0.3) is 0 Å². The minimum absolute atomic E-state index is 0.400. The van der Waals surface area contributed by atoms with Gasteiger partial charge >= 0.3 is 0 Å². The molecule has 1 heteroatoms. The lowest BCUT2D eigenvalue weighted by Crippen LogP contribution is -2.33. The van der Waals surface area contributed by atoms with E-state index in [4.69, 9.17) is 0 Å². The molecule has 2 unspecified atom stereocenters. The number of aromatic hydroxyl groups is 1. The average Bonchev–Trinajstić information content (AvgIpc) is 2.79. The first-order valence-corrected chi connectivity index (χ1v) is 7.37. The van der Waals surface area contributed by atoms with Crippen molar-refractivity contribution in [2.75, 3.05) is 0 Å². The van der Waals surface area contributed by atoms with Crippen molar-refractivity contribution < 1.29 is 5.11 Å². The normalized spacial score (nSPS) is 35.3. The molecule has 0 aliphatic heterocycles. The SMILES string of the molecule is C[C@@]12C=CCC1C1=CCc3cc(O)ccc3C1CC2. The summed E-state index contributed by atoms with van der Waals surface area (Å²) in [4.78, 5) is 0. The average molecular weight is 252 g/mol. The van der Waals surface area contributed by atoms with Crippen LogP contribution >= 0.6 is 0 Å². The number of rotatable bonds is 0. The van der Waals surface area contributed by atoms with E-state index >= 15 is 0 Å². The van der Waals surface area contributed by atoms with E-state index in [-0.39, 0.29) is 0 Å². The first-order chi connectivity index (χ1) is 9.17. The van der Waals surface area contributed by atoms with Gasteiger partial charge < -0.3 is 5.11 Å². The third-order valence-corrected chi connectivity index (χ3v) is 5.50. The van der Waals surface area contributed by atoms with E-state index in [9.17, 15) is 5.11 Å². The molecule has 3 aliphatic carbocycles. The van der Waals surface area contributed by atoms with Crippen LogP contribution in [0.15, 0.2) is 42.0 Å². The summed E-state index contributed by atoms with van der Waals surface area (Å²) in [7, 11) is 0. The Morgan fingerprint density at radius 2 is 2.21 bits per heavy atom. The fourth-order valence-electron chi connectivity index (χ4n) is 4.45. The molecule has 1 fully saturated rings. The summed E-state index contributed by atoms with van der Waals surface area (Å²) in [6.07, 6.45) is 12.0. The quantitative estimate of drug-likeness (QED) is 0.681. The lowest BCUT2D eigenvalue weighted by atomic mass is 9.60. The van der Waals surface area contributed by atoms with Crippen molar-refractivity contribution >= 4 is 0 Å². The Labute approximate surface area is 114 Å². The van der Waals surface area contributed by atoms with E-state index in [1.807, 2.05) is 12.1 Å². The molecule has 0 saturated heterocycles. The van der Waals surface area contributed by atoms with Gasteiger partial charge in [-0.3, -0.25) is 0 Å². The van der Waals surface area contributed by atoms with Crippen molar-refractivity contribution in [1.29, 1.82) is 0 Å². The molecule has 0 radical (unpaired) electrons. The molecule has 1 aromatic rings. The predicted molar refractivity (Wildman–Crippen MR) is 77.2 cm³/mol. The summed E-state index contributed by atoms with van der Waals surface area (Å²) < 4.78 is 0. The van der Waals surface area contributed by atoms with Crippen LogP contribution in [0.4, 0.5) is 0 Å². The molecule has 0 amide bonds. The maximum Gasteiger partial charge on any atom is 0.115 e. The van der Waals surface area contributed by atoms with Crippen molar-refractivity contribution in [2.45, 2.75) is 38.5 Å². The van der Waals surface area contributed by atoms with Crippen LogP contribution in [0.25, 0.3) is 0 Å². The zero-order chi connectivity index (χ0) is 13.0. The third-order valence-electron chi connectivity index (χ3n) is 5.50. The van der Waals surface area contributed by atoms with Crippen LogP contribution in [0.1, 0.15) is 43.2 Å². The lowest BCUT2D eigenvalue weighted by Gasteiger charge is -2.44. The van der Waals surface area contributed by atoms with Gasteiger partial charge in [-0.1, -0.05) is 36.8 Å². The summed E-state index contributed by atoms with van der Waals surface area (Å²) in [6.45, 7) is 2.42. The second-order valence-electron chi connectivity index (χ2n) is 6.58. The Kier molecular flexibility index (Phi) is 2.24. The van der Waals surface area contributed by atoms with Crippen LogP contribution in [-0.2, 0) is 6.42 Å². The summed E-state index contributed by atoms with van der Waals surface area (Å²) in [5.74, 6) is 1.72. The Morgan fingerprint density at radius 3 is 3.11 bits per heavy atom. The van der Waals surface area contributed by atoms with Gasteiger partial charge in [-0.05, 0) is 60.3 Å². The summed E-state index contributed by atoms with van der Waals surface area (Å²) in [6, 6.07) is 5.94. The molecule has 1 aromatic carbocycles. The van der Waals surface area contributed by atoms with Crippen LogP contribution in [0.3, 0.4) is 0 Å². The number of phenolic OH excluding ortho intramolecular Hbond substituents is 1. The van der Waals surface area contributed by atoms with E-state index < -0.39 is 0 Å². The molecule has 0 spiro atoms. The highest BCUT2D eigenvalue weighted by Gasteiger charge is 2.44. The largest absolute Gasteiger partial charge is 0.508 e. The van der Waals surface area contributed by atoms with Gasteiger partial charge in [0.2, 0.25) is 0 Å². The van der Waals surface area contributed by atoms with Crippen molar-refractivity contribution in [3.05, 3.63) is 53.1 Å². The maximum absolute atomic E-state index is 9.64. The lowest BCUT2D eigenvalue weighted by molar-refractivity contribution is 0.232. The number of benzene rings is 1. The molecule has 98 valence electrons. The van der Waals surface area contributed by atoms with Crippen LogP contribution in [0.5, 0.6) is 5.75 Å². The second-order valence-corrected chi connectivity index (χ2v) is 6.58. The van der Waals surface area contributed by atoms with Gasteiger partial charge in [-0.15, -0.1) is 0 Å². The highest BCUT2D eigenvalue weighted by molar-refractivity contribution is 5.47. The van der Waals surface area contributed by atoms with Crippen molar-refractivity contribution in [1.82, 2.24) is 0 Å². The first-order valence-electron chi connectivity index (χ1n) is 7.37. The van der Waals surface area contributed by atoms with Gasteiger partial charge in [-0.2, -0.15) is 0 Å². The third kappa shape index (κ3) is 1.54. The van der Waals surface area contributed by atoms with Gasteiger partial charge in [0.1, 0.15) is 5.75 Å². The Bertz CT molecular complexity index is 596. The van der Waals surface area contributed by atoms with Crippen molar-refractivity contribution in [3.63, 3.8) is 0 Å². The summed E-state index contributed by atoms with van der Waals surface area (Å²) in [5, 5.41) is 9.64. The number of fused-ring (bicyclic) bond motifs is 5. The van der Waals surface area contributed by atoms with Crippen LogP contribution in [0, 0.1) is 11.3 Å². The predicted octanol–water partition coefficient (Wildman–Crippen LogP) is 4.33. The molecule has 0 aromatic heterocycles. The highest BCUT2D eigenvalue weighted by Crippen LogP contribution is 2.56. The zero-order valence-corrected chi connectivity index (χ0v) is 11.4. The van der Waals surface area contributed by atoms with Crippen molar-refractivity contribution in [2.24, 2.45) is 11.3 Å². The van der Waals surface area contributed by atoms with E-state index in [1.165, 1.54) is 30.4 Å². The van der Waals surface area contributed by atoms with Crippen LogP contribution in [-0.4, -0.2) is 5.11 Å². The fraction of sp³-hybridized carbons (Fsp3) is 0.444. The number of hydrogen-bond donors (Lipinski definition) is 1. The van der Waals surface area contributed by atoms with Crippen LogP contribution in [0.2, 0.25) is 0 Å². The number of phenols is 1. The molecule has 1 nitrogen and oxygen atoms in total. The number of allylic oxidation sites excluding steroid dienone is 4. The molecular formula is C18H20O. The van der Waals surface area contributed by atoms with Crippen molar-refractivity contribution in [3.8, 4) is 5.75 Å².